The molecule has 2 aromatic rings. The maximum absolute atomic E-state index is 13.2. The van der Waals surface area contributed by atoms with Crippen LogP contribution in [0.3, 0.4) is 0 Å². The van der Waals surface area contributed by atoms with E-state index in [9.17, 15) is 9.59 Å². The molecule has 1 aliphatic heterocycles. The second-order valence-electron chi connectivity index (χ2n) is 8.45. The zero-order valence-electron chi connectivity index (χ0n) is 19.9. The highest BCUT2D eigenvalue weighted by Gasteiger charge is 2.25. The lowest BCUT2D eigenvalue weighted by molar-refractivity contribution is 0.0281. The molecule has 178 valence electrons. The number of methoxy groups -OCH3 is 2. The Morgan fingerprint density at radius 3 is 2.55 bits per heavy atom. The van der Waals surface area contributed by atoms with E-state index in [4.69, 9.17) is 14.2 Å². The van der Waals surface area contributed by atoms with E-state index < -0.39 is 0 Å². The van der Waals surface area contributed by atoms with Crippen molar-refractivity contribution < 1.29 is 23.8 Å². The summed E-state index contributed by atoms with van der Waals surface area (Å²) in [6.45, 7) is 5.72. The number of nitrogens with zero attached hydrogens (tertiary/aromatic N) is 1. The molecule has 3 atom stereocenters. The lowest BCUT2D eigenvalue weighted by Crippen LogP contribution is -2.44. The molecule has 0 spiro atoms. The van der Waals surface area contributed by atoms with Crippen LogP contribution in [0.15, 0.2) is 42.5 Å². The van der Waals surface area contributed by atoms with E-state index in [1.54, 1.807) is 68.6 Å². The summed E-state index contributed by atoms with van der Waals surface area (Å²) < 4.78 is 16.8. The molecular formula is C25H33N3O5. The van der Waals surface area contributed by atoms with Gasteiger partial charge in [0.1, 0.15) is 18.1 Å². The topological polar surface area (TPSA) is 89.1 Å². The number of fused-ring (bicyclic) bond motifs is 1. The third-order valence-electron chi connectivity index (χ3n) is 5.84. The van der Waals surface area contributed by atoms with E-state index in [0.717, 1.165) is 6.54 Å². The fraction of sp³-hybridized carbons (Fsp3) is 0.440. The fourth-order valence-electron chi connectivity index (χ4n) is 3.68. The molecule has 1 heterocycles. The van der Waals surface area contributed by atoms with Crippen molar-refractivity contribution in [3.8, 4) is 11.5 Å². The molecule has 0 unspecified atom stereocenters. The Labute approximate surface area is 195 Å². The van der Waals surface area contributed by atoms with E-state index in [1.807, 2.05) is 6.92 Å². The Kier molecular flexibility index (Phi) is 8.30. The lowest BCUT2D eigenvalue weighted by Gasteiger charge is -2.30. The van der Waals surface area contributed by atoms with Crippen molar-refractivity contribution >= 4 is 17.5 Å². The van der Waals surface area contributed by atoms with Gasteiger partial charge in [0.2, 0.25) is 0 Å². The van der Waals surface area contributed by atoms with Gasteiger partial charge in [0, 0.05) is 50.6 Å². The first-order valence-corrected chi connectivity index (χ1v) is 11.1. The average molecular weight is 456 g/mol. The molecule has 0 aromatic heterocycles. The Hall–Kier alpha value is -3.10. The minimum atomic E-state index is -0.263. The van der Waals surface area contributed by atoms with Crippen LogP contribution >= 0.6 is 0 Å². The van der Waals surface area contributed by atoms with Crippen molar-refractivity contribution in [3.05, 3.63) is 53.6 Å². The smallest absolute Gasteiger partial charge is 0.257 e. The molecular weight excluding hydrogens is 422 g/mol. The third kappa shape index (κ3) is 6.24. The van der Waals surface area contributed by atoms with Crippen LogP contribution in [0.4, 0.5) is 5.69 Å². The summed E-state index contributed by atoms with van der Waals surface area (Å²) in [7, 11) is 5.00. The first kappa shape index (κ1) is 24.5. The third-order valence-corrected chi connectivity index (χ3v) is 5.84. The molecule has 3 rings (SSSR count). The van der Waals surface area contributed by atoms with Crippen molar-refractivity contribution in [2.75, 3.05) is 46.3 Å². The number of nitrogens with one attached hydrogen (secondary N) is 2. The minimum absolute atomic E-state index is 0.0719. The van der Waals surface area contributed by atoms with Crippen LogP contribution in [0.2, 0.25) is 0 Å². The Bertz CT molecular complexity index is 963. The summed E-state index contributed by atoms with van der Waals surface area (Å²) in [5, 5.41) is 6.33. The number of ether oxygens (including phenoxy) is 3. The van der Waals surface area contributed by atoms with Crippen LogP contribution in [0.1, 0.15) is 34.6 Å². The van der Waals surface area contributed by atoms with E-state index in [-0.39, 0.29) is 29.9 Å². The van der Waals surface area contributed by atoms with Gasteiger partial charge in [0.15, 0.2) is 0 Å². The highest BCUT2D eigenvalue weighted by Crippen LogP contribution is 2.26. The predicted molar refractivity (Wildman–Crippen MR) is 127 cm³/mol. The van der Waals surface area contributed by atoms with Crippen molar-refractivity contribution in [2.24, 2.45) is 5.92 Å². The van der Waals surface area contributed by atoms with Crippen molar-refractivity contribution in [2.45, 2.75) is 26.0 Å². The maximum atomic E-state index is 13.2. The number of carbonyl (C=O) groups excluding carboxylic acids is 2. The van der Waals surface area contributed by atoms with Gasteiger partial charge in [-0.15, -0.1) is 0 Å². The number of rotatable bonds is 4. The van der Waals surface area contributed by atoms with Gasteiger partial charge < -0.3 is 29.7 Å². The first-order chi connectivity index (χ1) is 15.8. The molecule has 0 saturated carbocycles. The van der Waals surface area contributed by atoms with Crippen LogP contribution in [0.5, 0.6) is 11.5 Å². The molecule has 1 aliphatic rings. The van der Waals surface area contributed by atoms with E-state index in [0.29, 0.717) is 41.5 Å². The molecule has 8 heteroatoms. The summed E-state index contributed by atoms with van der Waals surface area (Å²) in [5.41, 5.74) is 1.48. The van der Waals surface area contributed by atoms with Crippen LogP contribution in [0, 0.1) is 5.92 Å². The summed E-state index contributed by atoms with van der Waals surface area (Å²) in [6.07, 6.45) is -0.0921. The summed E-state index contributed by atoms with van der Waals surface area (Å²) in [5.74, 6) is 0.905. The number of benzene rings is 2. The molecule has 8 nitrogen and oxygen atoms in total. The fourth-order valence-corrected chi connectivity index (χ4v) is 3.68. The van der Waals surface area contributed by atoms with Crippen LogP contribution in [-0.4, -0.2) is 69.8 Å². The summed E-state index contributed by atoms with van der Waals surface area (Å²) >= 11 is 0. The van der Waals surface area contributed by atoms with E-state index >= 15 is 0 Å². The number of likely N-dealkylation sites (N-methyl/N-ethyl adjacent to an activating group) is 1. The Morgan fingerprint density at radius 2 is 1.88 bits per heavy atom. The van der Waals surface area contributed by atoms with Gasteiger partial charge in [0.05, 0.1) is 18.8 Å². The van der Waals surface area contributed by atoms with Gasteiger partial charge in [-0.05, 0) is 49.2 Å². The van der Waals surface area contributed by atoms with E-state index in [1.165, 1.54) is 0 Å². The Morgan fingerprint density at radius 1 is 1.15 bits per heavy atom. The van der Waals surface area contributed by atoms with Gasteiger partial charge in [-0.3, -0.25) is 9.59 Å². The molecule has 33 heavy (non-hydrogen) atoms. The second-order valence-corrected chi connectivity index (χ2v) is 8.45. The first-order valence-electron chi connectivity index (χ1n) is 11.1. The number of carbonyl (C=O) groups is 2. The van der Waals surface area contributed by atoms with Crippen molar-refractivity contribution in [1.29, 1.82) is 0 Å². The van der Waals surface area contributed by atoms with Crippen LogP contribution in [0.25, 0.3) is 0 Å². The molecule has 2 N–H and O–H groups in total. The molecule has 0 radical (unpaired) electrons. The highest BCUT2D eigenvalue weighted by atomic mass is 16.5. The highest BCUT2D eigenvalue weighted by molar-refractivity contribution is 6.05. The molecule has 0 fully saturated rings. The molecule has 0 saturated heterocycles. The summed E-state index contributed by atoms with van der Waals surface area (Å²) in [6, 6.07) is 12.0. The average Bonchev–Trinajstić information content (AvgIpc) is 2.83. The van der Waals surface area contributed by atoms with Crippen molar-refractivity contribution in [3.63, 3.8) is 0 Å². The van der Waals surface area contributed by atoms with Gasteiger partial charge in [-0.2, -0.15) is 0 Å². The molecule has 0 bridgehead atoms. The molecule has 2 amide bonds. The molecule has 2 aromatic carbocycles. The largest absolute Gasteiger partial charge is 0.497 e. The molecule has 0 aliphatic carbocycles. The maximum Gasteiger partial charge on any atom is 0.257 e. The standard InChI is InChI=1S/C25H33N3O5/c1-16-13-26-17(2)15-33-22-12-19(27-24(29)18-6-9-20(31-4)10-7-18)8-11-21(22)25(30)28(3)14-23(16)32-5/h6-12,16-17,23,26H,13-15H2,1-5H3,(H,27,29)/t16-,17-,23-/m0/s1. The number of hydrogen-bond donors (Lipinski definition) is 2. The minimum Gasteiger partial charge on any atom is -0.497 e. The lowest BCUT2D eigenvalue weighted by atomic mass is 10.0. The van der Waals surface area contributed by atoms with E-state index in [2.05, 4.69) is 17.6 Å². The number of hydrogen-bond acceptors (Lipinski definition) is 6. The van der Waals surface area contributed by atoms with Gasteiger partial charge in [-0.1, -0.05) is 6.92 Å². The number of amides is 2. The predicted octanol–water partition coefficient (Wildman–Crippen LogP) is 3.04. The quantitative estimate of drug-likeness (QED) is 0.737. The zero-order chi connectivity index (χ0) is 24.0. The van der Waals surface area contributed by atoms with Crippen LogP contribution in [-0.2, 0) is 4.74 Å². The van der Waals surface area contributed by atoms with Crippen molar-refractivity contribution in [1.82, 2.24) is 10.2 Å². The zero-order valence-corrected chi connectivity index (χ0v) is 19.9. The SMILES string of the molecule is COc1ccc(C(=O)Nc2ccc3c(c2)OC[C@H](C)NC[C@H](C)[C@@H](OC)CN(C)C3=O)cc1. The van der Waals surface area contributed by atoms with Crippen LogP contribution < -0.4 is 20.1 Å². The normalized spacial score (nSPS) is 21.8. The Balaban J connectivity index is 1.84. The van der Waals surface area contributed by atoms with Gasteiger partial charge in [0.25, 0.3) is 11.8 Å². The van der Waals surface area contributed by atoms with Gasteiger partial charge in [-0.25, -0.2) is 0 Å². The number of anilines is 1. The summed E-state index contributed by atoms with van der Waals surface area (Å²) in [4.78, 5) is 27.5. The second kappa shape index (κ2) is 11.2. The van der Waals surface area contributed by atoms with Gasteiger partial charge >= 0.3 is 0 Å². The monoisotopic (exact) mass is 455 g/mol.